The smallest absolute Gasteiger partial charge is 0.407 e. The van der Waals surface area contributed by atoms with Crippen molar-refractivity contribution in [3.05, 3.63) is 0 Å². The van der Waals surface area contributed by atoms with E-state index < -0.39 is 6.09 Å². The van der Waals surface area contributed by atoms with Crippen molar-refractivity contribution in [2.24, 2.45) is 0 Å². The van der Waals surface area contributed by atoms with Gasteiger partial charge in [0.05, 0.1) is 6.10 Å². The zero-order chi connectivity index (χ0) is 9.42. The van der Waals surface area contributed by atoms with Gasteiger partial charge in [-0.2, -0.15) is 0 Å². The molecule has 2 heterocycles. The third kappa shape index (κ3) is 1.50. The highest BCUT2D eigenvalue weighted by molar-refractivity contribution is 5.66. The molecular formula is C9H15NO3. The molecule has 0 radical (unpaired) electrons. The van der Waals surface area contributed by atoms with Crippen molar-refractivity contribution in [1.29, 1.82) is 0 Å². The summed E-state index contributed by atoms with van der Waals surface area (Å²) in [7, 11) is 0. The Balaban J connectivity index is 2.14. The van der Waals surface area contributed by atoms with Crippen LogP contribution in [-0.2, 0) is 0 Å². The molecule has 2 saturated heterocycles. The lowest BCUT2D eigenvalue weighted by Gasteiger charge is -2.46. The standard InChI is InChI=1S/C9H15NO3/c11-8-4-6-2-1-3-7(5-8)10(6)9(12)13/h6-8,11H,1-5H2,(H,12,13). The lowest BCUT2D eigenvalue weighted by molar-refractivity contribution is -0.0148. The van der Waals surface area contributed by atoms with Crippen LogP contribution in [0.4, 0.5) is 4.79 Å². The highest BCUT2D eigenvalue weighted by Crippen LogP contribution is 2.33. The first-order valence-electron chi connectivity index (χ1n) is 4.88. The van der Waals surface area contributed by atoms with E-state index in [9.17, 15) is 9.90 Å². The molecule has 0 spiro atoms. The largest absolute Gasteiger partial charge is 0.465 e. The van der Waals surface area contributed by atoms with Gasteiger partial charge in [0, 0.05) is 12.1 Å². The first-order valence-corrected chi connectivity index (χ1v) is 4.88. The molecule has 2 aliphatic heterocycles. The van der Waals surface area contributed by atoms with Gasteiger partial charge in [0.25, 0.3) is 0 Å². The van der Waals surface area contributed by atoms with Crippen molar-refractivity contribution in [3.63, 3.8) is 0 Å². The molecule has 4 heteroatoms. The van der Waals surface area contributed by atoms with Crippen LogP contribution in [0.15, 0.2) is 0 Å². The summed E-state index contributed by atoms with van der Waals surface area (Å²) >= 11 is 0. The maximum atomic E-state index is 10.9. The number of carbonyl (C=O) groups is 1. The number of nitrogens with zero attached hydrogens (tertiary/aromatic N) is 1. The average Bonchev–Trinajstić information content (AvgIpc) is 2.01. The number of fused-ring (bicyclic) bond motifs is 2. The van der Waals surface area contributed by atoms with Gasteiger partial charge < -0.3 is 15.1 Å². The molecule has 2 atom stereocenters. The summed E-state index contributed by atoms with van der Waals surface area (Å²) in [6.45, 7) is 0. The van der Waals surface area contributed by atoms with Gasteiger partial charge in [0.1, 0.15) is 0 Å². The van der Waals surface area contributed by atoms with Crippen LogP contribution in [0.2, 0.25) is 0 Å². The highest BCUT2D eigenvalue weighted by atomic mass is 16.4. The fraction of sp³-hybridized carbons (Fsp3) is 0.889. The second-order valence-electron chi connectivity index (χ2n) is 4.05. The number of carboxylic acid groups (broad SMARTS) is 1. The minimum atomic E-state index is -0.818. The van der Waals surface area contributed by atoms with Gasteiger partial charge in [-0.25, -0.2) is 4.79 Å². The lowest BCUT2D eigenvalue weighted by Crippen LogP contribution is -2.55. The van der Waals surface area contributed by atoms with Crippen molar-refractivity contribution in [2.45, 2.75) is 50.3 Å². The molecule has 4 nitrogen and oxygen atoms in total. The maximum Gasteiger partial charge on any atom is 0.407 e. The molecule has 0 saturated carbocycles. The average molecular weight is 185 g/mol. The Labute approximate surface area is 77.2 Å². The van der Waals surface area contributed by atoms with Gasteiger partial charge >= 0.3 is 6.09 Å². The Kier molecular flexibility index (Phi) is 2.15. The predicted octanol–water partition coefficient (Wildman–Crippen LogP) is 1.04. The van der Waals surface area contributed by atoms with Gasteiger partial charge in [-0.3, -0.25) is 0 Å². The van der Waals surface area contributed by atoms with Gasteiger partial charge in [-0.1, -0.05) is 0 Å². The van der Waals surface area contributed by atoms with Gasteiger partial charge in [0.15, 0.2) is 0 Å². The minimum Gasteiger partial charge on any atom is -0.465 e. The van der Waals surface area contributed by atoms with Crippen molar-refractivity contribution < 1.29 is 15.0 Å². The van der Waals surface area contributed by atoms with Crippen LogP contribution >= 0.6 is 0 Å². The van der Waals surface area contributed by atoms with Crippen molar-refractivity contribution in [3.8, 4) is 0 Å². The molecule has 0 aromatic heterocycles. The van der Waals surface area contributed by atoms with Crippen LogP contribution in [0.3, 0.4) is 0 Å². The molecular weight excluding hydrogens is 170 g/mol. The fourth-order valence-electron chi connectivity index (χ4n) is 2.66. The second kappa shape index (κ2) is 3.18. The third-order valence-electron chi connectivity index (χ3n) is 3.17. The van der Waals surface area contributed by atoms with E-state index in [4.69, 9.17) is 5.11 Å². The molecule has 0 aliphatic carbocycles. The zero-order valence-electron chi connectivity index (χ0n) is 7.52. The number of hydrogen-bond acceptors (Lipinski definition) is 2. The monoisotopic (exact) mass is 185 g/mol. The Bertz CT molecular complexity index is 205. The number of amides is 1. The van der Waals surface area contributed by atoms with Crippen molar-refractivity contribution in [1.82, 2.24) is 4.90 Å². The SMILES string of the molecule is O=C(O)N1C2CCCC1CC(O)C2. The predicted molar refractivity (Wildman–Crippen MR) is 46.5 cm³/mol. The zero-order valence-corrected chi connectivity index (χ0v) is 7.52. The Morgan fingerprint density at radius 2 is 1.77 bits per heavy atom. The first kappa shape index (κ1) is 8.81. The van der Waals surface area contributed by atoms with Crippen LogP contribution in [0.25, 0.3) is 0 Å². The summed E-state index contributed by atoms with van der Waals surface area (Å²) in [5, 5.41) is 18.5. The van der Waals surface area contributed by atoms with E-state index in [1.54, 1.807) is 4.90 Å². The Morgan fingerprint density at radius 3 is 2.23 bits per heavy atom. The van der Waals surface area contributed by atoms with Crippen molar-refractivity contribution in [2.75, 3.05) is 0 Å². The van der Waals surface area contributed by atoms with E-state index in [1.807, 2.05) is 0 Å². The number of hydrogen-bond donors (Lipinski definition) is 2. The molecule has 0 aromatic rings. The molecule has 2 fully saturated rings. The molecule has 2 rings (SSSR count). The molecule has 2 bridgehead atoms. The number of rotatable bonds is 0. The van der Waals surface area contributed by atoms with Crippen LogP contribution in [0, 0.1) is 0 Å². The van der Waals surface area contributed by atoms with Crippen LogP contribution in [0.5, 0.6) is 0 Å². The maximum absolute atomic E-state index is 10.9. The van der Waals surface area contributed by atoms with Crippen molar-refractivity contribution >= 4 is 6.09 Å². The van der Waals surface area contributed by atoms with Crippen LogP contribution in [-0.4, -0.2) is 39.4 Å². The molecule has 13 heavy (non-hydrogen) atoms. The van der Waals surface area contributed by atoms with E-state index in [0.717, 1.165) is 19.3 Å². The molecule has 0 aromatic carbocycles. The summed E-state index contributed by atoms with van der Waals surface area (Å²) in [6, 6.07) is 0.139. The number of aliphatic hydroxyl groups is 1. The second-order valence-corrected chi connectivity index (χ2v) is 4.05. The normalized spacial score (nSPS) is 38.8. The molecule has 1 amide bonds. The van der Waals surface area contributed by atoms with E-state index in [-0.39, 0.29) is 18.2 Å². The highest BCUT2D eigenvalue weighted by Gasteiger charge is 2.40. The van der Waals surface area contributed by atoms with E-state index in [1.165, 1.54) is 0 Å². The molecule has 2 aliphatic rings. The minimum absolute atomic E-state index is 0.0694. The summed E-state index contributed by atoms with van der Waals surface area (Å²) < 4.78 is 0. The Morgan fingerprint density at radius 1 is 1.23 bits per heavy atom. The molecule has 74 valence electrons. The summed E-state index contributed by atoms with van der Waals surface area (Å²) in [5.74, 6) is 0. The summed E-state index contributed by atoms with van der Waals surface area (Å²) in [6.07, 6.45) is 3.09. The van der Waals surface area contributed by atoms with Gasteiger partial charge in [-0.15, -0.1) is 0 Å². The number of piperidine rings is 2. The number of aliphatic hydroxyl groups excluding tert-OH is 1. The fourth-order valence-corrected chi connectivity index (χ4v) is 2.66. The lowest BCUT2D eigenvalue weighted by atomic mass is 9.83. The Hall–Kier alpha value is -0.770. The van der Waals surface area contributed by atoms with Crippen LogP contribution < -0.4 is 0 Å². The first-order chi connectivity index (χ1) is 6.18. The van der Waals surface area contributed by atoms with E-state index in [0.29, 0.717) is 12.8 Å². The van der Waals surface area contributed by atoms with Gasteiger partial charge in [-0.05, 0) is 32.1 Å². The molecule has 2 N–H and O–H groups in total. The molecule has 2 unspecified atom stereocenters. The summed E-state index contributed by atoms with van der Waals surface area (Å²) in [4.78, 5) is 12.5. The third-order valence-corrected chi connectivity index (χ3v) is 3.17. The van der Waals surface area contributed by atoms with Gasteiger partial charge in [0.2, 0.25) is 0 Å². The topological polar surface area (TPSA) is 60.8 Å². The quantitative estimate of drug-likeness (QED) is 0.592. The van der Waals surface area contributed by atoms with Crippen LogP contribution in [0.1, 0.15) is 32.1 Å². The van der Waals surface area contributed by atoms with E-state index >= 15 is 0 Å². The van der Waals surface area contributed by atoms with E-state index in [2.05, 4.69) is 0 Å². The summed E-state index contributed by atoms with van der Waals surface area (Å²) in [5.41, 5.74) is 0.